The highest BCUT2D eigenvalue weighted by Crippen LogP contribution is 2.69. The summed E-state index contributed by atoms with van der Waals surface area (Å²) in [5.74, 6) is 4.75. The zero-order valence-electron chi connectivity index (χ0n) is 22.0. The van der Waals surface area contributed by atoms with Gasteiger partial charge in [-0.25, -0.2) is 0 Å². The second-order valence-corrected chi connectivity index (χ2v) is 13.2. The molecule has 5 aliphatic rings. The smallest absolute Gasteiger partial charge is 0.211 e. The highest BCUT2D eigenvalue weighted by Gasteiger charge is 2.64. The normalized spacial score (nSPS) is 48.5. The largest absolute Gasteiger partial charge is 0.355 e. The Morgan fingerprint density at radius 3 is 2.61 bits per heavy atom. The van der Waals surface area contributed by atoms with Crippen molar-refractivity contribution in [3.05, 3.63) is 11.6 Å². The van der Waals surface area contributed by atoms with Crippen LogP contribution in [0.25, 0.3) is 0 Å². The molecule has 0 bridgehead atoms. The number of rotatable bonds is 6. The van der Waals surface area contributed by atoms with Crippen LogP contribution in [0.3, 0.4) is 0 Å². The van der Waals surface area contributed by atoms with Crippen molar-refractivity contribution in [2.75, 3.05) is 6.54 Å². The van der Waals surface area contributed by atoms with Crippen molar-refractivity contribution in [3.8, 4) is 0 Å². The average molecular weight is 456 g/mol. The Morgan fingerprint density at radius 1 is 1.06 bits per heavy atom. The number of carbonyl (C=O) groups excluding carboxylic acids is 1. The van der Waals surface area contributed by atoms with Gasteiger partial charge in [-0.1, -0.05) is 52.7 Å². The van der Waals surface area contributed by atoms with Crippen molar-refractivity contribution in [2.45, 2.75) is 118 Å². The van der Waals surface area contributed by atoms with Gasteiger partial charge in [-0.2, -0.15) is 0 Å². The summed E-state index contributed by atoms with van der Waals surface area (Å²) in [7, 11) is 0. The molecule has 0 radical (unpaired) electrons. The molecule has 10 atom stereocenters. The Bertz CT molecular complexity index is 762. The van der Waals surface area contributed by atoms with Gasteiger partial charge in [-0.15, -0.1) is 0 Å². The molecular weight excluding hydrogens is 406 g/mol. The monoisotopic (exact) mass is 455 g/mol. The fraction of sp³-hybridized carbons (Fsp3) is 0.900. The van der Waals surface area contributed by atoms with E-state index in [0.717, 1.165) is 49.5 Å². The van der Waals surface area contributed by atoms with Crippen molar-refractivity contribution in [1.29, 1.82) is 0 Å². The molecule has 3 heteroatoms. The molecule has 4 unspecified atom stereocenters. The van der Waals surface area contributed by atoms with Crippen LogP contribution in [0.15, 0.2) is 11.6 Å². The predicted molar refractivity (Wildman–Crippen MR) is 134 cm³/mol. The molecular formula is C30H49NO2. The molecule has 5 rings (SSSR count). The molecule has 0 aromatic rings. The molecule has 4 aliphatic carbocycles. The van der Waals surface area contributed by atoms with E-state index >= 15 is 0 Å². The predicted octanol–water partition coefficient (Wildman–Crippen LogP) is 7.21. The molecule has 4 saturated carbocycles. The van der Waals surface area contributed by atoms with E-state index in [-0.39, 0.29) is 6.23 Å². The van der Waals surface area contributed by atoms with Crippen LogP contribution in [0.5, 0.6) is 0 Å². The van der Waals surface area contributed by atoms with Crippen molar-refractivity contribution >= 4 is 6.41 Å². The third-order valence-corrected chi connectivity index (χ3v) is 11.8. The maximum absolute atomic E-state index is 11.9. The summed E-state index contributed by atoms with van der Waals surface area (Å²) in [6.45, 7) is 12.9. The number of ether oxygens (including phenoxy) is 1. The molecule has 1 amide bonds. The lowest BCUT2D eigenvalue weighted by molar-refractivity contribution is -0.134. The van der Waals surface area contributed by atoms with Crippen LogP contribution >= 0.6 is 0 Å². The van der Waals surface area contributed by atoms with Crippen molar-refractivity contribution in [3.63, 3.8) is 0 Å². The van der Waals surface area contributed by atoms with Crippen LogP contribution in [0.2, 0.25) is 0 Å². The van der Waals surface area contributed by atoms with Crippen LogP contribution in [-0.4, -0.2) is 30.2 Å². The van der Waals surface area contributed by atoms with Crippen LogP contribution < -0.4 is 0 Å². The van der Waals surface area contributed by atoms with Crippen molar-refractivity contribution in [1.82, 2.24) is 4.90 Å². The molecule has 0 N–H and O–H groups in total. The molecule has 0 aromatic carbocycles. The number of allylic oxidation sites excluding steroid dienone is 2. The van der Waals surface area contributed by atoms with Gasteiger partial charge >= 0.3 is 0 Å². The molecule has 5 fully saturated rings. The van der Waals surface area contributed by atoms with E-state index in [1.54, 1.807) is 5.57 Å². The SMILES string of the molecule is CC/C=C1\CC[C@@]2(C)C(CC[C@@H]3C2CC[C@@]2(C)C3C[C@@H]3O[C@H](N(C=O)C[C@@H](C)CC)CC32)C1. The second-order valence-electron chi connectivity index (χ2n) is 13.2. The Balaban J connectivity index is 1.30. The number of hydrogen-bond donors (Lipinski definition) is 0. The second kappa shape index (κ2) is 8.99. The van der Waals surface area contributed by atoms with Gasteiger partial charge in [0.15, 0.2) is 0 Å². The average Bonchev–Trinajstić information content (AvgIpc) is 3.35. The van der Waals surface area contributed by atoms with Crippen LogP contribution in [0.4, 0.5) is 0 Å². The minimum absolute atomic E-state index is 0.0115. The number of fused-ring (bicyclic) bond motifs is 7. The standard InChI is InChI=1S/C30H49NO2/c1-6-8-21-11-13-29(4)22(15-21)9-10-23-24(29)12-14-30(5)25(23)16-27-26(30)17-28(33-27)31(19-32)18-20(3)7-2/h8,19-20,22-28H,6-7,9-18H2,1-5H3/b21-8+/t20-,22?,23+,24?,25?,26?,27-,28-,29-,30-/m0/s1. The van der Waals surface area contributed by atoms with E-state index in [4.69, 9.17) is 4.74 Å². The summed E-state index contributed by atoms with van der Waals surface area (Å²) in [5.41, 5.74) is 2.73. The minimum Gasteiger partial charge on any atom is -0.355 e. The van der Waals surface area contributed by atoms with E-state index in [9.17, 15) is 4.79 Å². The van der Waals surface area contributed by atoms with Gasteiger partial charge < -0.3 is 9.64 Å². The molecule has 1 saturated heterocycles. The molecule has 1 heterocycles. The molecule has 0 spiro atoms. The number of carbonyl (C=O) groups is 1. The summed E-state index contributed by atoms with van der Waals surface area (Å²) in [5, 5.41) is 0. The first kappa shape index (κ1) is 23.9. The Morgan fingerprint density at radius 2 is 1.88 bits per heavy atom. The highest BCUT2D eigenvalue weighted by atomic mass is 16.5. The zero-order valence-corrected chi connectivity index (χ0v) is 22.0. The third kappa shape index (κ3) is 3.83. The maximum Gasteiger partial charge on any atom is 0.211 e. The summed E-state index contributed by atoms with van der Waals surface area (Å²) < 4.78 is 6.68. The molecule has 1 aliphatic heterocycles. The van der Waals surface area contributed by atoms with Gasteiger partial charge in [0.25, 0.3) is 0 Å². The fourth-order valence-corrected chi connectivity index (χ4v) is 9.65. The zero-order chi connectivity index (χ0) is 23.4. The molecule has 186 valence electrons. The van der Waals surface area contributed by atoms with Gasteiger partial charge in [0.2, 0.25) is 6.41 Å². The van der Waals surface area contributed by atoms with Gasteiger partial charge in [0.1, 0.15) is 6.23 Å². The Hall–Kier alpha value is -0.830. The quantitative estimate of drug-likeness (QED) is 0.313. The van der Waals surface area contributed by atoms with E-state index in [1.165, 1.54) is 57.8 Å². The first-order valence-corrected chi connectivity index (χ1v) is 14.4. The van der Waals surface area contributed by atoms with E-state index < -0.39 is 0 Å². The van der Waals surface area contributed by atoms with Gasteiger partial charge in [-0.3, -0.25) is 4.79 Å². The Kier molecular flexibility index (Phi) is 6.51. The lowest BCUT2D eigenvalue weighted by atomic mass is 9.44. The summed E-state index contributed by atoms with van der Waals surface area (Å²) >= 11 is 0. The summed E-state index contributed by atoms with van der Waals surface area (Å²) in [4.78, 5) is 13.9. The van der Waals surface area contributed by atoms with Crippen LogP contribution in [0.1, 0.15) is 105 Å². The summed E-state index contributed by atoms with van der Waals surface area (Å²) in [6.07, 6.45) is 18.4. The molecule has 3 nitrogen and oxygen atoms in total. The number of hydrogen-bond acceptors (Lipinski definition) is 2. The van der Waals surface area contributed by atoms with Gasteiger partial charge in [0.05, 0.1) is 6.10 Å². The van der Waals surface area contributed by atoms with Crippen LogP contribution in [-0.2, 0) is 9.53 Å². The third-order valence-electron chi connectivity index (χ3n) is 11.8. The van der Waals surface area contributed by atoms with E-state index in [1.807, 2.05) is 4.90 Å². The van der Waals surface area contributed by atoms with Crippen molar-refractivity contribution < 1.29 is 9.53 Å². The van der Waals surface area contributed by atoms with Gasteiger partial charge in [-0.05, 0) is 111 Å². The molecule has 0 aromatic heterocycles. The van der Waals surface area contributed by atoms with E-state index in [2.05, 4.69) is 40.7 Å². The fourth-order valence-electron chi connectivity index (χ4n) is 9.65. The van der Waals surface area contributed by atoms with Crippen molar-refractivity contribution in [2.24, 2.45) is 46.3 Å². The van der Waals surface area contributed by atoms with Gasteiger partial charge in [0, 0.05) is 6.54 Å². The highest BCUT2D eigenvalue weighted by molar-refractivity contribution is 5.47. The topological polar surface area (TPSA) is 29.5 Å². The summed E-state index contributed by atoms with van der Waals surface area (Å²) in [6, 6.07) is 0. The van der Waals surface area contributed by atoms with E-state index in [0.29, 0.717) is 28.8 Å². The first-order valence-electron chi connectivity index (χ1n) is 14.4. The number of amides is 1. The Labute approximate surface area is 203 Å². The minimum atomic E-state index is 0.0115. The lowest BCUT2D eigenvalue weighted by Crippen LogP contribution is -2.53. The maximum atomic E-state index is 11.9. The van der Waals surface area contributed by atoms with Crippen LogP contribution in [0, 0.1) is 46.3 Å². The number of nitrogens with zero attached hydrogens (tertiary/aromatic N) is 1. The lowest BCUT2D eigenvalue weighted by Gasteiger charge is -2.60. The molecule has 33 heavy (non-hydrogen) atoms. The first-order chi connectivity index (χ1) is 15.8.